The first-order valence-electron chi connectivity index (χ1n) is 8.30. The molecule has 2 aliphatic rings. The molecule has 0 aromatic heterocycles. The van der Waals surface area contributed by atoms with Gasteiger partial charge in [0.1, 0.15) is 5.75 Å². The molecule has 0 saturated heterocycles. The van der Waals surface area contributed by atoms with Crippen molar-refractivity contribution in [2.24, 2.45) is 0 Å². The van der Waals surface area contributed by atoms with Crippen LogP contribution in [0.5, 0.6) is 5.75 Å². The Kier molecular flexibility index (Phi) is 5.20. The molecule has 0 unspecified atom stereocenters. The topological polar surface area (TPSA) is 27.7 Å². The first kappa shape index (κ1) is 14.9. The average molecular weight is 288 g/mol. The predicted octanol–water partition coefficient (Wildman–Crippen LogP) is 3.31. The van der Waals surface area contributed by atoms with Crippen molar-refractivity contribution in [2.75, 3.05) is 7.11 Å². The SMILES string of the molecule is COc1ccc(B(OC2CCCC2)OC2CCCC2)cc1. The van der Waals surface area contributed by atoms with E-state index in [1.54, 1.807) is 7.11 Å². The molecular weight excluding hydrogens is 263 g/mol. The maximum atomic E-state index is 6.27. The lowest BCUT2D eigenvalue weighted by molar-refractivity contribution is 0.113. The van der Waals surface area contributed by atoms with Crippen LogP contribution >= 0.6 is 0 Å². The number of hydrogen-bond acceptors (Lipinski definition) is 3. The molecule has 0 N–H and O–H groups in total. The van der Waals surface area contributed by atoms with Crippen LogP contribution in [-0.2, 0) is 9.31 Å². The zero-order chi connectivity index (χ0) is 14.5. The van der Waals surface area contributed by atoms with Crippen molar-refractivity contribution in [2.45, 2.75) is 63.6 Å². The quantitative estimate of drug-likeness (QED) is 0.752. The van der Waals surface area contributed by atoms with Crippen molar-refractivity contribution in [1.82, 2.24) is 0 Å². The van der Waals surface area contributed by atoms with Crippen LogP contribution in [0.25, 0.3) is 0 Å². The van der Waals surface area contributed by atoms with Gasteiger partial charge in [-0.15, -0.1) is 0 Å². The molecule has 4 heteroatoms. The third-order valence-electron chi connectivity index (χ3n) is 4.62. The lowest BCUT2D eigenvalue weighted by Gasteiger charge is -2.23. The monoisotopic (exact) mass is 288 g/mol. The summed E-state index contributed by atoms with van der Waals surface area (Å²) in [6.45, 7) is 0. The Morgan fingerprint density at radius 1 is 0.810 bits per heavy atom. The van der Waals surface area contributed by atoms with Gasteiger partial charge in [0.25, 0.3) is 0 Å². The molecule has 0 bridgehead atoms. The molecule has 2 fully saturated rings. The second-order valence-corrected chi connectivity index (χ2v) is 6.19. The van der Waals surface area contributed by atoms with Gasteiger partial charge in [-0.3, -0.25) is 0 Å². The summed E-state index contributed by atoms with van der Waals surface area (Å²) < 4.78 is 17.8. The first-order valence-corrected chi connectivity index (χ1v) is 8.30. The molecule has 1 aromatic rings. The zero-order valence-corrected chi connectivity index (χ0v) is 12.9. The van der Waals surface area contributed by atoms with Gasteiger partial charge in [-0.05, 0) is 43.3 Å². The van der Waals surface area contributed by atoms with Crippen LogP contribution in [0.15, 0.2) is 24.3 Å². The largest absolute Gasteiger partial charge is 0.497 e. The Labute approximate surface area is 128 Å². The van der Waals surface area contributed by atoms with E-state index in [1.165, 1.54) is 51.4 Å². The summed E-state index contributed by atoms with van der Waals surface area (Å²) >= 11 is 0. The summed E-state index contributed by atoms with van der Waals surface area (Å²) in [5.74, 6) is 0.874. The Bertz CT molecular complexity index is 404. The van der Waals surface area contributed by atoms with Crippen LogP contribution in [-0.4, -0.2) is 26.4 Å². The molecule has 0 heterocycles. The highest BCUT2D eigenvalue weighted by molar-refractivity contribution is 6.61. The summed E-state index contributed by atoms with van der Waals surface area (Å²) in [6.07, 6.45) is 10.5. The summed E-state index contributed by atoms with van der Waals surface area (Å²) in [5, 5.41) is 0. The van der Waals surface area contributed by atoms with Gasteiger partial charge in [0.05, 0.1) is 7.11 Å². The van der Waals surface area contributed by atoms with Crippen molar-refractivity contribution in [3.05, 3.63) is 24.3 Å². The highest BCUT2D eigenvalue weighted by Gasteiger charge is 2.31. The van der Waals surface area contributed by atoms with Gasteiger partial charge < -0.3 is 14.0 Å². The zero-order valence-electron chi connectivity index (χ0n) is 12.9. The predicted molar refractivity (Wildman–Crippen MR) is 85.1 cm³/mol. The minimum absolute atomic E-state index is 0.220. The average Bonchev–Trinajstić information content (AvgIpc) is 3.20. The minimum atomic E-state index is -0.220. The minimum Gasteiger partial charge on any atom is -0.497 e. The number of hydrogen-bond donors (Lipinski definition) is 0. The lowest BCUT2D eigenvalue weighted by Crippen LogP contribution is -2.41. The highest BCUT2D eigenvalue weighted by atomic mass is 16.6. The number of benzene rings is 1. The Morgan fingerprint density at radius 3 is 1.71 bits per heavy atom. The molecular formula is C17H25BO3. The van der Waals surface area contributed by atoms with E-state index in [0.29, 0.717) is 12.2 Å². The van der Waals surface area contributed by atoms with Crippen LogP contribution in [0.4, 0.5) is 0 Å². The Hall–Kier alpha value is -0.995. The van der Waals surface area contributed by atoms with E-state index in [4.69, 9.17) is 14.0 Å². The van der Waals surface area contributed by atoms with Crippen molar-refractivity contribution in [1.29, 1.82) is 0 Å². The van der Waals surface area contributed by atoms with Gasteiger partial charge in [0, 0.05) is 12.2 Å². The van der Waals surface area contributed by atoms with Crippen LogP contribution in [0.3, 0.4) is 0 Å². The summed E-state index contributed by atoms with van der Waals surface area (Å²) in [6, 6.07) is 8.09. The van der Waals surface area contributed by atoms with E-state index in [-0.39, 0.29) is 7.12 Å². The van der Waals surface area contributed by atoms with E-state index in [0.717, 1.165) is 11.2 Å². The van der Waals surface area contributed by atoms with Crippen LogP contribution in [0.2, 0.25) is 0 Å². The van der Waals surface area contributed by atoms with E-state index in [9.17, 15) is 0 Å². The molecule has 114 valence electrons. The molecule has 3 rings (SSSR count). The number of methoxy groups -OCH3 is 1. The standard InChI is InChI=1S/C17H25BO3/c1-19-15-12-10-14(11-13-15)18(20-16-6-2-3-7-16)21-17-8-4-5-9-17/h10-13,16-17H,2-9H2,1H3. The lowest BCUT2D eigenvalue weighted by atomic mass is 9.78. The van der Waals surface area contributed by atoms with E-state index >= 15 is 0 Å². The maximum Gasteiger partial charge on any atom is 0.494 e. The molecule has 3 nitrogen and oxygen atoms in total. The van der Waals surface area contributed by atoms with E-state index < -0.39 is 0 Å². The maximum absolute atomic E-state index is 6.27. The fourth-order valence-electron chi connectivity index (χ4n) is 3.35. The second-order valence-electron chi connectivity index (χ2n) is 6.19. The van der Waals surface area contributed by atoms with Crippen molar-refractivity contribution >= 4 is 12.6 Å². The van der Waals surface area contributed by atoms with Crippen LogP contribution < -0.4 is 10.2 Å². The smallest absolute Gasteiger partial charge is 0.494 e. The summed E-state index contributed by atoms with van der Waals surface area (Å²) in [4.78, 5) is 0. The molecule has 21 heavy (non-hydrogen) atoms. The molecule has 0 atom stereocenters. The molecule has 2 aliphatic carbocycles. The fourth-order valence-corrected chi connectivity index (χ4v) is 3.35. The summed E-state index contributed by atoms with van der Waals surface area (Å²) in [5.41, 5.74) is 1.11. The van der Waals surface area contributed by atoms with Gasteiger partial charge in [-0.1, -0.05) is 37.8 Å². The van der Waals surface area contributed by atoms with Crippen molar-refractivity contribution in [3.8, 4) is 5.75 Å². The highest BCUT2D eigenvalue weighted by Crippen LogP contribution is 2.25. The third kappa shape index (κ3) is 4.01. The molecule has 0 aliphatic heterocycles. The van der Waals surface area contributed by atoms with Gasteiger partial charge in [-0.2, -0.15) is 0 Å². The van der Waals surface area contributed by atoms with Gasteiger partial charge in [-0.25, -0.2) is 0 Å². The molecule has 0 spiro atoms. The normalized spacial score (nSPS) is 20.0. The van der Waals surface area contributed by atoms with Gasteiger partial charge >= 0.3 is 7.12 Å². The molecule has 2 saturated carbocycles. The molecule has 1 aromatic carbocycles. The van der Waals surface area contributed by atoms with E-state index in [2.05, 4.69) is 12.1 Å². The first-order chi connectivity index (χ1) is 10.3. The second kappa shape index (κ2) is 7.32. The Balaban J connectivity index is 1.69. The fraction of sp³-hybridized carbons (Fsp3) is 0.647. The van der Waals surface area contributed by atoms with Crippen molar-refractivity contribution < 1.29 is 14.0 Å². The Morgan fingerprint density at radius 2 is 1.29 bits per heavy atom. The number of ether oxygens (including phenoxy) is 1. The number of rotatable bonds is 6. The van der Waals surface area contributed by atoms with Crippen LogP contribution in [0, 0.1) is 0 Å². The van der Waals surface area contributed by atoms with Gasteiger partial charge in [0.2, 0.25) is 0 Å². The van der Waals surface area contributed by atoms with Crippen molar-refractivity contribution in [3.63, 3.8) is 0 Å². The third-order valence-corrected chi connectivity index (χ3v) is 4.62. The molecule has 0 amide bonds. The molecule has 0 radical (unpaired) electrons. The van der Waals surface area contributed by atoms with Crippen LogP contribution in [0.1, 0.15) is 51.4 Å². The van der Waals surface area contributed by atoms with Gasteiger partial charge in [0.15, 0.2) is 0 Å². The summed E-state index contributed by atoms with van der Waals surface area (Å²) in [7, 11) is 1.47. The van der Waals surface area contributed by atoms with E-state index in [1.807, 2.05) is 12.1 Å².